The van der Waals surface area contributed by atoms with Crippen LogP contribution in [0, 0.1) is 0 Å². The first-order chi connectivity index (χ1) is 13.3. The predicted molar refractivity (Wildman–Crippen MR) is 105 cm³/mol. The number of sulfonamides is 1. The predicted octanol–water partition coefficient (Wildman–Crippen LogP) is 2.29. The van der Waals surface area contributed by atoms with Gasteiger partial charge in [-0.2, -0.15) is 4.31 Å². The lowest BCUT2D eigenvalue weighted by Gasteiger charge is -2.20. The van der Waals surface area contributed by atoms with E-state index in [0.717, 1.165) is 11.8 Å². The fourth-order valence-electron chi connectivity index (χ4n) is 3.17. The Hall–Kier alpha value is -2.17. The van der Waals surface area contributed by atoms with E-state index in [2.05, 4.69) is 4.98 Å². The van der Waals surface area contributed by atoms with Crippen LogP contribution in [0.5, 0.6) is 11.5 Å². The summed E-state index contributed by atoms with van der Waals surface area (Å²) in [5.41, 5.74) is 1.37. The second-order valence-electron chi connectivity index (χ2n) is 6.32. The maximum atomic E-state index is 12.3. The smallest absolute Gasteiger partial charge is 0.324 e. The van der Waals surface area contributed by atoms with Gasteiger partial charge in [-0.3, -0.25) is 4.79 Å². The molecule has 8 nitrogen and oxygen atoms in total. The number of esters is 1. The van der Waals surface area contributed by atoms with E-state index in [1.54, 1.807) is 25.7 Å². The molecule has 0 bridgehead atoms. The molecule has 2 aromatic rings. The lowest BCUT2D eigenvalue weighted by Crippen LogP contribution is -2.40. The Morgan fingerprint density at radius 3 is 2.79 bits per heavy atom. The monoisotopic (exact) mass is 426 g/mol. The van der Waals surface area contributed by atoms with Crippen molar-refractivity contribution >= 4 is 27.3 Å². The number of methoxy groups -OCH3 is 2. The lowest BCUT2D eigenvalue weighted by molar-refractivity contribution is -0.148. The average molecular weight is 427 g/mol. The molecule has 3 rings (SSSR count). The summed E-state index contributed by atoms with van der Waals surface area (Å²) in [6.07, 6.45) is 2.21. The third-order valence-electron chi connectivity index (χ3n) is 4.45. The third kappa shape index (κ3) is 4.29. The molecule has 1 aliphatic heterocycles. The number of benzene rings is 1. The topological polar surface area (TPSA) is 95.0 Å². The van der Waals surface area contributed by atoms with Gasteiger partial charge in [0.25, 0.3) is 0 Å². The number of carbonyl (C=O) groups excluding carboxylic acids is 1. The van der Waals surface area contributed by atoms with Gasteiger partial charge in [-0.15, -0.1) is 11.3 Å². The number of para-hydroxylation sites is 1. The van der Waals surface area contributed by atoms with Crippen LogP contribution in [-0.2, 0) is 26.2 Å². The molecule has 1 aliphatic rings. The molecule has 0 saturated carbocycles. The Balaban J connectivity index is 1.70. The number of carbonyl (C=O) groups is 1. The van der Waals surface area contributed by atoms with Crippen molar-refractivity contribution < 1.29 is 27.4 Å². The normalized spacial score (nSPS) is 17.5. The van der Waals surface area contributed by atoms with E-state index in [-0.39, 0.29) is 6.61 Å². The molecule has 0 aliphatic carbocycles. The molecule has 2 heterocycles. The fraction of sp³-hybridized carbons (Fsp3) is 0.444. The standard InChI is InChI=1S/C18H22N2O6S2/c1-24-15-8-4-6-13(16(15)25-2)17-19-12(11-27-17)10-26-18(21)14-7-5-9-20(14)28(3,22)23/h4,6,8,11,14H,5,7,9-10H2,1-3H3/t14-/m1/s1. The van der Waals surface area contributed by atoms with Gasteiger partial charge in [0.1, 0.15) is 17.7 Å². The Morgan fingerprint density at radius 1 is 1.32 bits per heavy atom. The van der Waals surface area contributed by atoms with E-state index >= 15 is 0 Å². The molecular formula is C18H22N2O6S2. The first kappa shape index (κ1) is 20.6. The first-order valence-corrected chi connectivity index (χ1v) is 11.4. The van der Waals surface area contributed by atoms with Gasteiger partial charge >= 0.3 is 5.97 Å². The van der Waals surface area contributed by atoms with E-state index in [1.807, 2.05) is 12.1 Å². The second-order valence-corrected chi connectivity index (χ2v) is 9.12. The van der Waals surface area contributed by atoms with Crippen molar-refractivity contribution in [3.8, 4) is 22.1 Å². The molecule has 28 heavy (non-hydrogen) atoms. The van der Waals surface area contributed by atoms with Crippen molar-refractivity contribution in [1.29, 1.82) is 0 Å². The zero-order valence-corrected chi connectivity index (χ0v) is 17.5. The average Bonchev–Trinajstić information content (AvgIpc) is 3.34. The van der Waals surface area contributed by atoms with Crippen LogP contribution >= 0.6 is 11.3 Å². The maximum Gasteiger partial charge on any atom is 0.324 e. The minimum absolute atomic E-state index is 0.0181. The number of ether oxygens (including phenoxy) is 3. The van der Waals surface area contributed by atoms with Crippen molar-refractivity contribution in [2.24, 2.45) is 0 Å². The molecule has 152 valence electrons. The van der Waals surface area contributed by atoms with Crippen LogP contribution < -0.4 is 9.47 Å². The summed E-state index contributed by atoms with van der Waals surface area (Å²) in [5, 5.41) is 2.50. The largest absolute Gasteiger partial charge is 0.493 e. The van der Waals surface area contributed by atoms with Gasteiger partial charge in [0.05, 0.1) is 31.7 Å². The van der Waals surface area contributed by atoms with Gasteiger partial charge < -0.3 is 14.2 Å². The molecule has 0 unspecified atom stereocenters. The minimum Gasteiger partial charge on any atom is -0.493 e. The van der Waals surface area contributed by atoms with Gasteiger partial charge in [0.15, 0.2) is 11.5 Å². The summed E-state index contributed by atoms with van der Waals surface area (Å²) in [4.78, 5) is 16.9. The van der Waals surface area contributed by atoms with Gasteiger partial charge in [-0.25, -0.2) is 13.4 Å². The van der Waals surface area contributed by atoms with Crippen LogP contribution in [0.4, 0.5) is 0 Å². The van der Waals surface area contributed by atoms with Gasteiger partial charge in [-0.1, -0.05) is 6.07 Å². The van der Waals surface area contributed by atoms with E-state index in [9.17, 15) is 13.2 Å². The van der Waals surface area contributed by atoms with Crippen molar-refractivity contribution in [2.75, 3.05) is 27.0 Å². The van der Waals surface area contributed by atoms with Crippen LogP contribution in [0.25, 0.3) is 10.6 Å². The van der Waals surface area contributed by atoms with E-state index in [0.29, 0.717) is 41.6 Å². The second kappa shape index (κ2) is 8.46. The van der Waals surface area contributed by atoms with Crippen molar-refractivity contribution in [1.82, 2.24) is 9.29 Å². The summed E-state index contributed by atoms with van der Waals surface area (Å²) in [6.45, 7) is 0.324. The highest BCUT2D eigenvalue weighted by atomic mass is 32.2. The summed E-state index contributed by atoms with van der Waals surface area (Å²) in [7, 11) is -0.304. The lowest BCUT2D eigenvalue weighted by atomic mass is 10.2. The number of thiazole rings is 1. The molecular weight excluding hydrogens is 404 g/mol. The molecule has 0 radical (unpaired) electrons. The Kier molecular flexibility index (Phi) is 6.21. The van der Waals surface area contributed by atoms with Crippen molar-refractivity contribution in [2.45, 2.75) is 25.5 Å². The van der Waals surface area contributed by atoms with Crippen LogP contribution in [0.1, 0.15) is 18.5 Å². The summed E-state index contributed by atoms with van der Waals surface area (Å²) >= 11 is 1.40. The van der Waals surface area contributed by atoms with Gasteiger partial charge in [-0.05, 0) is 25.0 Å². The quantitative estimate of drug-likeness (QED) is 0.627. The first-order valence-electron chi connectivity index (χ1n) is 8.64. The summed E-state index contributed by atoms with van der Waals surface area (Å²) in [5.74, 6) is 0.638. The maximum absolute atomic E-state index is 12.3. The van der Waals surface area contributed by atoms with Crippen LogP contribution in [-0.4, -0.2) is 56.7 Å². The molecule has 0 amide bonds. The summed E-state index contributed by atoms with van der Waals surface area (Å²) in [6, 6.07) is 4.76. The van der Waals surface area contributed by atoms with Gasteiger partial charge in [0.2, 0.25) is 10.0 Å². The SMILES string of the molecule is COc1cccc(-c2nc(COC(=O)[C@H]3CCCN3S(C)(=O)=O)cs2)c1OC. The molecule has 1 atom stereocenters. The molecule has 0 N–H and O–H groups in total. The zero-order chi connectivity index (χ0) is 20.3. The molecule has 1 aromatic heterocycles. The van der Waals surface area contributed by atoms with E-state index in [4.69, 9.17) is 14.2 Å². The summed E-state index contributed by atoms with van der Waals surface area (Å²) < 4.78 is 40.8. The van der Waals surface area contributed by atoms with Crippen molar-refractivity contribution in [3.05, 3.63) is 29.3 Å². The van der Waals surface area contributed by atoms with Gasteiger partial charge in [0, 0.05) is 11.9 Å². The number of aromatic nitrogens is 1. The Bertz CT molecular complexity index is 957. The van der Waals surface area contributed by atoms with Crippen LogP contribution in [0.15, 0.2) is 23.6 Å². The van der Waals surface area contributed by atoms with Crippen LogP contribution in [0.2, 0.25) is 0 Å². The van der Waals surface area contributed by atoms with E-state index in [1.165, 1.54) is 15.6 Å². The Labute approximate surface area is 168 Å². The molecule has 1 saturated heterocycles. The molecule has 1 fully saturated rings. The fourth-order valence-corrected chi connectivity index (χ4v) is 5.11. The molecule has 10 heteroatoms. The highest BCUT2D eigenvalue weighted by Crippen LogP contribution is 2.39. The Morgan fingerprint density at radius 2 is 2.11 bits per heavy atom. The highest BCUT2D eigenvalue weighted by molar-refractivity contribution is 7.88. The number of hydrogen-bond donors (Lipinski definition) is 0. The number of nitrogens with zero attached hydrogens (tertiary/aromatic N) is 2. The van der Waals surface area contributed by atoms with Crippen molar-refractivity contribution in [3.63, 3.8) is 0 Å². The minimum atomic E-state index is -3.43. The third-order valence-corrected chi connectivity index (χ3v) is 6.66. The molecule has 1 aromatic carbocycles. The van der Waals surface area contributed by atoms with E-state index < -0.39 is 22.0 Å². The number of rotatable bonds is 7. The number of hydrogen-bond acceptors (Lipinski definition) is 8. The highest BCUT2D eigenvalue weighted by Gasteiger charge is 2.37. The zero-order valence-electron chi connectivity index (χ0n) is 15.9. The van der Waals surface area contributed by atoms with Crippen LogP contribution in [0.3, 0.4) is 0 Å². The molecule has 0 spiro atoms.